The SMILES string of the molecule is O=C(CC1CC1c1ccccc1)Nc1cc2c3c(c(-c4ccccc4)[nH]c3c1)C=NNC2=O. The Morgan fingerprint density at radius 2 is 1.79 bits per heavy atom. The van der Waals surface area contributed by atoms with Crippen LogP contribution in [0.5, 0.6) is 0 Å². The quantitative estimate of drug-likeness (QED) is 0.411. The third kappa shape index (κ3) is 3.59. The molecule has 0 spiro atoms. The molecule has 2 atom stereocenters. The van der Waals surface area contributed by atoms with E-state index in [1.807, 2.05) is 54.6 Å². The average Bonchev–Trinajstić information content (AvgIpc) is 3.53. The molecule has 2 unspecified atom stereocenters. The van der Waals surface area contributed by atoms with Crippen molar-refractivity contribution < 1.29 is 9.59 Å². The van der Waals surface area contributed by atoms with Gasteiger partial charge in [0.15, 0.2) is 0 Å². The molecule has 6 rings (SSSR count). The van der Waals surface area contributed by atoms with Gasteiger partial charge < -0.3 is 10.3 Å². The normalized spacial score (nSPS) is 18.6. The van der Waals surface area contributed by atoms with Gasteiger partial charge in [-0.2, -0.15) is 5.10 Å². The highest BCUT2D eigenvalue weighted by molar-refractivity contribution is 6.18. The number of aromatic nitrogens is 1. The number of carbonyl (C=O) groups is 2. The second-order valence-corrected chi connectivity index (χ2v) is 8.69. The highest BCUT2D eigenvalue weighted by atomic mass is 16.2. The van der Waals surface area contributed by atoms with Crippen molar-refractivity contribution in [2.45, 2.75) is 18.8 Å². The van der Waals surface area contributed by atoms with E-state index in [0.717, 1.165) is 34.1 Å². The Bertz CT molecular complexity index is 1410. The minimum absolute atomic E-state index is 0.0367. The van der Waals surface area contributed by atoms with Gasteiger partial charge in [-0.3, -0.25) is 9.59 Å². The van der Waals surface area contributed by atoms with E-state index in [9.17, 15) is 9.59 Å². The van der Waals surface area contributed by atoms with Gasteiger partial charge in [0.1, 0.15) is 0 Å². The molecule has 1 aliphatic heterocycles. The van der Waals surface area contributed by atoms with E-state index in [1.54, 1.807) is 12.3 Å². The lowest BCUT2D eigenvalue weighted by molar-refractivity contribution is -0.116. The first-order chi connectivity index (χ1) is 16.2. The number of H-pyrrole nitrogens is 1. The van der Waals surface area contributed by atoms with Crippen molar-refractivity contribution in [1.82, 2.24) is 10.4 Å². The number of carbonyl (C=O) groups excluding carboxylic acids is 2. The summed E-state index contributed by atoms with van der Waals surface area (Å²) in [5.41, 5.74) is 8.48. The van der Waals surface area contributed by atoms with Crippen molar-refractivity contribution in [2.24, 2.45) is 11.0 Å². The van der Waals surface area contributed by atoms with E-state index >= 15 is 0 Å². The lowest BCUT2D eigenvalue weighted by atomic mass is 10.0. The van der Waals surface area contributed by atoms with E-state index in [-0.39, 0.29) is 11.8 Å². The molecule has 3 N–H and O–H groups in total. The second-order valence-electron chi connectivity index (χ2n) is 8.69. The van der Waals surface area contributed by atoms with Crippen LogP contribution in [-0.2, 0) is 4.79 Å². The predicted octanol–water partition coefficient (Wildman–Crippen LogP) is 5.04. The van der Waals surface area contributed by atoms with Crippen LogP contribution in [0, 0.1) is 5.92 Å². The molecule has 2 amide bonds. The molecule has 0 bridgehead atoms. The van der Waals surface area contributed by atoms with E-state index in [1.165, 1.54) is 5.56 Å². The van der Waals surface area contributed by atoms with Crippen LogP contribution in [0.15, 0.2) is 77.9 Å². The molecule has 0 radical (unpaired) electrons. The molecule has 33 heavy (non-hydrogen) atoms. The molecule has 6 nitrogen and oxygen atoms in total. The fraction of sp³-hybridized carbons (Fsp3) is 0.148. The summed E-state index contributed by atoms with van der Waals surface area (Å²) in [6.45, 7) is 0. The van der Waals surface area contributed by atoms with Crippen molar-refractivity contribution in [3.05, 3.63) is 89.5 Å². The van der Waals surface area contributed by atoms with E-state index in [2.05, 4.69) is 33.0 Å². The Morgan fingerprint density at radius 3 is 2.58 bits per heavy atom. The molecule has 1 fully saturated rings. The molecule has 6 heteroatoms. The van der Waals surface area contributed by atoms with Gasteiger partial charge in [0.2, 0.25) is 5.91 Å². The Morgan fingerprint density at radius 1 is 1.03 bits per heavy atom. The van der Waals surface area contributed by atoms with Crippen LogP contribution < -0.4 is 10.7 Å². The van der Waals surface area contributed by atoms with Crippen molar-refractivity contribution in [3.63, 3.8) is 0 Å². The summed E-state index contributed by atoms with van der Waals surface area (Å²) in [4.78, 5) is 28.9. The van der Waals surface area contributed by atoms with E-state index in [4.69, 9.17) is 0 Å². The Hall–Kier alpha value is -4.19. The number of benzene rings is 3. The van der Waals surface area contributed by atoms with Crippen LogP contribution in [0.3, 0.4) is 0 Å². The molecule has 1 saturated carbocycles. The van der Waals surface area contributed by atoms with Crippen LogP contribution in [-0.4, -0.2) is 23.0 Å². The van der Waals surface area contributed by atoms with Crippen LogP contribution in [0.25, 0.3) is 22.2 Å². The summed E-state index contributed by atoms with van der Waals surface area (Å²) >= 11 is 0. The molecule has 4 aromatic rings. The Kier molecular flexibility index (Phi) is 4.57. The Labute approximate surface area is 190 Å². The first-order valence-electron chi connectivity index (χ1n) is 11.1. The number of nitrogens with zero attached hydrogens (tertiary/aromatic N) is 1. The summed E-state index contributed by atoms with van der Waals surface area (Å²) in [5.74, 6) is 0.476. The Balaban J connectivity index is 1.29. The molecule has 2 aliphatic rings. The summed E-state index contributed by atoms with van der Waals surface area (Å²) in [6, 6.07) is 23.9. The smallest absolute Gasteiger partial charge is 0.272 e. The summed E-state index contributed by atoms with van der Waals surface area (Å²) in [6.07, 6.45) is 3.17. The maximum absolute atomic E-state index is 12.8. The lowest BCUT2D eigenvalue weighted by Gasteiger charge is -2.08. The maximum atomic E-state index is 12.8. The highest BCUT2D eigenvalue weighted by Gasteiger charge is 2.39. The van der Waals surface area contributed by atoms with Gasteiger partial charge in [0, 0.05) is 28.6 Å². The molecule has 0 saturated heterocycles. The van der Waals surface area contributed by atoms with Crippen LogP contribution >= 0.6 is 0 Å². The van der Waals surface area contributed by atoms with Gasteiger partial charge in [0.25, 0.3) is 5.91 Å². The van der Waals surface area contributed by atoms with Crippen LogP contribution in [0.2, 0.25) is 0 Å². The molecule has 2 heterocycles. The number of hydrazone groups is 1. The largest absolute Gasteiger partial charge is 0.354 e. The number of rotatable bonds is 5. The van der Waals surface area contributed by atoms with Gasteiger partial charge in [-0.15, -0.1) is 0 Å². The lowest BCUT2D eigenvalue weighted by Crippen LogP contribution is -2.17. The number of hydrogen-bond donors (Lipinski definition) is 3. The fourth-order valence-electron chi connectivity index (χ4n) is 4.82. The van der Waals surface area contributed by atoms with Gasteiger partial charge in [0.05, 0.1) is 17.5 Å². The highest BCUT2D eigenvalue weighted by Crippen LogP contribution is 2.49. The van der Waals surface area contributed by atoms with Gasteiger partial charge >= 0.3 is 0 Å². The summed E-state index contributed by atoms with van der Waals surface area (Å²) in [7, 11) is 0. The third-order valence-electron chi connectivity index (χ3n) is 6.49. The number of anilines is 1. The fourth-order valence-corrected chi connectivity index (χ4v) is 4.82. The maximum Gasteiger partial charge on any atom is 0.272 e. The van der Waals surface area contributed by atoms with E-state index in [0.29, 0.717) is 29.5 Å². The van der Waals surface area contributed by atoms with Crippen LogP contribution in [0.4, 0.5) is 5.69 Å². The molecule has 1 aliphatic carbocycles. The van der Waals surface area contributed by atoms with Crippen molar-refractivity contribution in [2.75, 3.05) is 5.32 Å². The van der Waals surface area contributed by atoms with Crippen molar-refractivity contribution in [3.8, 4) is 11.3 Å². The van der Waals surface area contributed by atoms with Gasteiger partial charge in [-0.05, 0) is 41.5 Å². The van der Waals surface area contributed by atoms with Crippen LogP contribution in [0.1, 0.15) is 40.2 Å². The molecular formula is C27H22N4O2. The number of nitrogens with one attached hydrogen (secondary N) is 3. The van der Waals surface area contributed by atoms with Gasteiger partial charge in [-0.25, -0.2) is 5.43 Å². The first kappa shape index (κ1) is 19.5. The minimum Gasteiger partial charge on any atom is -0.354 e. The number of hydrogen-bond acceptors (Lipinski definition) is 3. The molecule has 1 aromatic heterocycles. The molecular weight excluding hydrogens is 412 g/mol. The summed E-state index contributed by atoms with van der Waals surface area (Å²) < 4.78 is 0. The number of aromatic amines is 1. The monoisotopic (exact) mass is 434 g/mol. The topological polar surface area (TPSA) is 86.3 Å². The number of amides is 2. The minimum atomic E-state index is -0.295. The third-order valence-corrected chi connectivity index (χ3v) is 6.49. The van der Waals surface area contributed by atoms with E-state index < -0.39 is 0 Å². The zero-order valence-electron chi connectivity index (χ0n) is 17.8. The molecule has 162 valence electrons. The standard InChI is InChI=1S/C27H22N4O2/c32-24(12-18-11-20(18)16-7-3-1-4-8-16)29-19-13-21-25-22(15-28-31-27(21)33)26(30-23(25)14-19)17-9-5-2-6-10-17/h1-10,13-15,18,20,30H,11-12H2,(H,29,32)(H,31,33). The average molecular weight is 434 g/mol. The zero-order chi connectivity index (χ0) is 22.4. The second kappa shape index (κ2) is 7.74. The first-order valence-corrected chi connectivity index (χ1v) is 11.1. The van der Waals surface area contributed by atoms with Crippen molar-refractivity contribution in [1.29, 1.82) is 0 Å². The zero-order valence-corrected chi connectivity index (χ0v) is 17.8. The van der Waals surface area contributed by atoms with Gasteiger partial charge in [-0.1, -0.05) is 60.7 Å². The molecule has 3 aromatic carbocycles. The summed E-state index contributed by atoms with van der Waals surface area (Å²) in [5, 5.41) is 7.90. The predicted molar refractivity (Wildman–Crippen MR) is 129 cm³/mol. The van der Waals surface area contributed by atoms with Crippen molar-refractivity contribution >= 4 is 34.6 Å².